The highest BCUT2D eigenvalue weighted by Crippen LogP contribution is 2.28. The summed E-state index contributed by atoms with van der Waals surface area (Å²) in [5.41, 5.74) is 0.903. The average molecular weight is 516 g/mol. The Morgan fingerprint density at radius 3 is 2.32 bits per heavy atom. The molecule has 37 heavy (non-hydrogen) atoms. The Bertz CT molecular complexity index is 1130. The zero-order valence-electron chi connectivity index (χ0n) is 20.4. The van der Waals surface area contributed by atoms with Crippen LogP contribution in [-0.2, 0) is 30.3 Å². The number of esters is 1. The molecule has 3 amide bonds. The Morgan fingerprint density at radius 2 is 1.70 bits per heavy atom. The lowest BCUT2D eigenvalue weighted by Gasteiger charge is -2.18. The fraction of sp³-hybridized carbons (Fsp3) is 0.320. The second kappa shape index (κ2) is 14.1. The highest BCUT2D eigenvalue weighted by molar-refractivity contribution is 6.36. The second-order valence-electron chi connectivity index (χ2n) is 7.90. The van der Waals surface area contributed by atoms with E-state index in [1.54, 1.807) is 24.3 Å². The van der Waals surface area contributed by atoms with Crippen LogP contribution in [0.15, 0.2) is 42.5 Å². The molecule has 2 aromatic carbocycles. The van der Waals surface area contributed by atoms with Crippen molar-refractivity contribution < 1.29 is 43.7 Å². The number of amides is 3. The van der Waals surface area contributed by atoms with Crippen LogP contribution in [0.4, 0.5) is 5.69 Å². The lowest BCUT2D eigenvalue weighted by Crippen LogP contribution is -2.47. The van der Waals surface area contributed by atoms with Crippen LogP contribution in [0.2, 0.25) is 0 Å². The molecule has 0 saturated heterocycles. The molecule has 0 aliphatic rings. The van der Waals surface area contributed by atoms with Crippen molar-refractivity contribution in [3.05, 3.63) is 53.6 Å². The largest absolute Gasteiger partial charge is 0.507 e. The summed E-state index contributed by atoms with van der Waals surface area (Å²) in [4.78, 5) is 58.0. The second-order valence-corrected chi connectivity index (χ2v) is 7.90. The van der Waals surface area contributed by atoms with Gasteiger partial charge in [-0.15, -0.1) is 0 Å². The van der Waals surface area contributed by atoms with Crippen molar-refractivity contribution in [2.45, 2.75) is 32.2 Å². The molecule has 0 radical (unpaired) electrons. The predicted molar refractivity (Wildman–Crippen MR) is 131 cm³/mol. The first-order valence-corrected chi connectivity index (χ1v) is 11.3. The van der Waals surface area contributed by atoms with Gasteiger partial charge >= 0.3 is 17.8 Å². The van der Waals surface area contributed by atoms with E-state index in [0.717, 1.165) is 0 Å². The third-order valence-electron chi connectivity index (χ3n) is 5.06. The van der Waals surface area contributed by atoms with Crippen LogP contribution in [0, 0.1) is 0 Å². The smallest absolute Gasteiger partial charge is 0.394 e. The van der Waals surface area contributed by atoms with Gasteiger partial charge in [0.1, 0.15) is 23.1 Å². The van der Waals surface area contributed by atoms with E-state index in [1.807, 2.05) is 0 Å². The van der Waals surface area contributed by atoms with Crippen LogP contribution < -0.4 is 20.7 Å². The van der Waals surface area contributed by atoms with Crippen LogP contribution in [0.1, 0.15) is 35.7 Å². The fourth-order valence-corrected chi connectivity index (χ4v) is 3.29. The molecule has 0 heterocycles. The van der Waals surface area contributed by atoms with Crippen LogP contribution >= 0.6 is 0 Å². The number of carboxylic acid groups (broad SMARTS) is 1. The highest BCUT2D eigenvalue weighted by Gasteiger charge is 2.20. The minimum absolute atomic E-state index is 0.0613. The molecule has 198 valence electrons. The third-order valence-corrected chi connectivity index (χ3v) is 5.06. The summed E-state index contributed by atoms with van der Waals surface area (Å²) in [6, 6.07) is 9.81. The lowest BCUT2D eigenvalue weighted by atomic mass is 10.0. The van der Waals surface area contributed by atoms with Crippen molar-refractivity contribution >= 4 is 35.3 Å². The van der Waals surface area contributed by atoms with Gasteiger partial charge in [-0.05, 0) is 42.7 Å². The van der Waals surface area contributed by atoms with E-state index in [-0.39, 0.29) is 47.6 Å². The number of methoxy groups -OCH3 is 1. The number of nitrogens with one attached hydrogen (secondary N) is 3. The number of hydrogen-bond donors (Lipinski definition) is 5. The van der Waals surface area contributed by atoms with Gasteiger partial charge < -0.3 is 35.6 Å². The van der Waals surface area contributed by atoms with E-state index in [9.17, 15) is 29.1 Å². The number of aromatic hydroxyl groups is 1. The van der Waals surface area contributed by atoms with Crippen LogP contribution in [0.5, 0.6) is 11.5 Å². The van der Waals surface area contributed by atoms with E-state index >= 15 is 0 Å². The molecule has 0 bridgehead atoms. The molecular weight excluding hydrogens is 486 g/mol. The minimum atomic E-state index is -1.61. The van der Waals surface area contributed by atoms with Gasteiger partial charge in [0, 0.05) is 25.6 Å². The molecule has 0 aliphatic carbocycles. The molecule has 2 aromatic rings. The van der Waals surface area contributed by atoms with Crippen LogP contribution in [-0.4, -0.2) is 66.2 Å². The summed E-state index contributed by atoms with van der Waals surface area (Å²) in [5, 5.41) is 26.1. The molecule has 0 spiro atoms. The predicted octanol–water partition coefficient (Wildman–Crippen LogP) is 1.22. The molecule has 12 heteroatoms. The van der Waals surface area contributed by atoms with E-state index in [4.69, 9.17) is 9.84 Å². The zero-order chi connectivity index (χ0) is 27.4. The van der Waals surface area contributed by atoms with Crippen molar-refractivity contribution in [3.63, 3.8) is 0 Å². The van der Waals surface area contributed by atoms with Gasteiger partial charge in [-0.3, -0.25) is 14.4 Å². The zero-order valence-corrected chi connectivity index (χ0v) is 20.4. The molecule has 12 nitrogen and oxygen atoms in total. The Balaban J connectivity index is 1.84. The van der Waals surface area contributed by atoms with E-state index in [0.29, 0.717) is 24.9 Å². The molecule has 2 rings (SSSR count). The summed E-state index contributed by atoms with van der Waals surface area (Å²) >= 11 is 0. The summed E-state index contributed by atoms with van der Waals surface area (Å²) in [6.07, 6.45) is 1.25. The van der Waals surface area contributed by atoms with Gasteiger partial charge in [0.2, 0.25) is 11.8 Å². The number of benzene rings is 2. The number of hydrogen-bond acceptors (Lipinski definition) is 8. The summed E-state index contributed by atoms with van der Waals surface area (Å²) in [5.74, 6) is -4.32. The Labute approximate surface area is 213 Å². The molecule has 0 aromatic heterocycles. The van der Waals surface area contributed by atoms with Gasteiger partial charge in [0.15, 0.2) is 0 Å². The van der Waals surface area contributed by atoms with Gasteiger partial charge in [0.05, 0.1) is 13.7 Å². The molecule has 0 unspecified atom stereocenters. The van der Waals surface area contributed by atoms with Crippen molar-refractivity contribution in [2.24, 2.45) is 0 Å². The summed E-state index contributed by atoms with van der Waals surface area (Å²) < 4.78 is 10.2. The SMILES string of the molecule is COC(=O)c1c(O)cccc1OCCCCNC(=O)[C@H](Cc1ccc(NC(=O)C(=O)O)cc1)NC(C)=O. The molecule has 0 aliphatic heterocycles. The summed E-state index contributed by atoms with van der Waals surface area (Å²) in [7, 11) is 1.20. The van der Waals surface area contributed by atoms with Gasteiger partial charge in [-0.1, -0.05) is 18.2 Å². The quantitative estimate of drug-likeness (QED) is 0.158. The van der Waals surface area contributed by atoms with Crippen molar-refractivity contribution in [1.29, 1.82) is 0 Å². The van der Waals surface area contributed by atoms with Gasteiger partial charge in [0.25, 0.3) is 0 Å². The monoisotopic (exact) mass is 515 g/mol. The van der Waals surface area contributed by atoms with Gasteiger partial charge in [-0.25, -0.2) is 9.59 Å². The number of anilines is 1. The van der Waals surface area contributed by atoms with Gasteiger partial charge in [-0.2, -0.15) is 0 Å². The van der Waals surface area contributed by atoms with Crippen LogP contribution in [0.3, 0.4) is 0 Å². The lowest BCUT2D eigenvalue weighted by molar-refractivity contribution is -0.147. The van der Waals surface area contributed by atoms with Crippen molar-refractivity contribution in [3.8, 4) is 11.5 Å². The average Bonchev–Trinajstić information content (AvgIpc) is 2.86. The van der Waals surface area contributed by atoms with E-state index in [2.05, 4.69) is 20.7 Å². The molecule has 0 fully saturated rings. The maximum atomic E-state index is 12.7. The number of aliphatic carboxylic acids is 1. The Hall–Kier alpha value is -4.61. The number of rotatable bonds is 12. The highest BCUT2D eigenvalue weighted by atomic mass is 16.5. The first-order valence-electron chi connectivity index (χ1n) is 11.3. The number of ether oxygens (including phenoxy) is 2. The maximum Gasteiger partial charge on any atom is 0.394 e. The third kappa shape index (κ3) is 9.17. The molecule has 1 atom stereocenters. The number of carbonyl (C=O) groups is 5. The number of unbranched alkanes of at least 4 members (excludes halogenated alkanes) is 1. The minimum Gasteiger partial charge on any atom is -0.507 e. The standard InChI is InChI=1S/C25H29N3O9/c1-15(29)27-18(14-16-8-10-17(11-9-16)28-23(32)24(33)34)22(31)26-12-3-4-13-37-20-7-5-6-19(30)21(20)25(35)36-2/h5-11,18,30H,3-4,12-14H2,1-2H3,(H,26,31)(H,27,29)(H,28,32)(H,33,34)/t18-/m0/s1. The first-order chi connectivity index (χ1) is 17.6. The number of carboxylic acids is 1. The van der Waals surface area contributed by atoms with E-state index < -0.39 is 23.9 Å². The molecule has 0 saturated carbocycles. The maximum absolute atomic E-state index is 12.7. The van der Waals surface area contributed by atoms with E-state index in [1.165, 1.54) is 32.2 Å². The van der Waals surface area contributed by atoms with Crippen molar-refractivity contribution in [1.82, 2.24) is 10.6 Å². The summed E-state index contributed by atoms with van der Waals surface area (Å²) in [6.45, 7) is 1.83. The van der Waals surface area contributed by atoms with Crippen LogP contribution in [0.25, 0.3) is 0 Å². The topological polar surface area (TPSA) is 180 Å². The first kappa shape index (κ1) is 28.6. The number of phenolic OH excluding ortho intramolecular Hbond substituents is 1. The normalized spacial score (nSPS) is 11.1. The molecular formula is C25H29N3O9. The Kier molecular flexibility index (Phi) is 10.9. The number of phenols is 1. The fourth-order valence-electron chi connectivity index (χ4n) is 3.29. The number of carbonyl (C=O) groups excluding carboxylic acids is 4. The van der Waals surface area contributed by atoms with Crippen molar-refractivity contribution in [2.75, 3.05) is 25.6 Å². The Morgan fingerprint density at radius 1 is 1.00 bits per heavy atom. The molecule has 5 N–H and O–H groups in total.